The first kappa shape index (κ1) is 15.0. The van der Waals surface area contributed by atoms with Crippen molar-refractivity contribution in [2.75, 3.05) is 26.8 Å². The Morgan fingerprint density at radius 3 is 2.81 bits per heavy atom. The van der Waals surface area contributed by atoms with Gasteiger partial charge < -0.3 is 10.1 Å². The first-order valence-electron chi connectivity index (χ1n) is 8.07. The van der Waals surface area contributed by atoms with Gasteiger partial charge in [0.2, 0.25) is 0 Å². The third kappa shape index (κ3) is 3.46. The predicted molar refractivity (Wildman–Crippen MR) is 82.9 cm³/mol. The Bertz CT molecular complexity index is 492. The Kier molecular flexibility index (Phi) is 4.32. The second kappa shape index (κ2) is 6.05. The Labute approximate surface area is 127 Å². The quantitative estimate of drug-likeness (QED) is 0.778. The summed E-state index contributed by atoms with van der Waals surface area (Å²) in [4.78, 5) is 0. The molecule has 116 valence electrons. The highest BCUT2D eigenvalue weighted by Gasteiger charge is 2.53. The van der Waals surface area contributed by atoms with Crippen LogP contribution in [0.4, 0.5) is 4.39 Å². The number of hydrogen-bond donors (Lipinski definition) is 1. The van der Waals surface area contributed by atoms with Crippen molar-refractivity contribution in [2.45, 2.75) is 32.6 Å². The largest absolute Gasteiger partial charge is 0.383 e. The molecular weight excluding hydrogens is 265 g/mol. The standard InChI is InChI=1S/C18H26FNO/c1-13-3-4-17(19)8-14(13)9-18(12-20-5-6-21-2)10-15-7-16(15)11-18/h3-4,8,15-16,20H,5-7,9-12H2,1-2H3. The molecule has 3 heteroatoms. The number of rotatable bonds is 7. The summed E-state index contributed by atoms with van der Waals surface area (Å²) >= 11 is 0. The lowest BCUT2D eigenvalue weighted by atomic mass is 9.76. The van der Waals surface area contributed by atoms with Crippen molar-refractivity contribution in [3.63, 3.8) is 0 Å². The lowest BCUT2D eigenvalue weighted by Gasteiger charge is -2.32. The topological polar surface area (TPSA) is 21.3 Å². The van der Waals surface area contributed by atoms with Crippen molar-refractivity contribution in [3.05, 3.63) is 35.1 Å². The predicted octanol–water partition coefficient (Wildman–Crippen LogP) is 3.33. The van der Waals surface area contributed by atoms with Crippen molar-refractivity contribution in [3.8, 4) is 0 Å². The van der Waals surface area contributed by atoms with E-state index < -0.39 is 0 Å². The Morgan fingerprint density at radius 1 is 1.33 bits per heavy atom. The third-order valence-electron chi connectivity index (χ3n) is 5.32. The number of halogens is 1. The fraction of sp³-hybridized carbons (Fsp3) is 0.667. The van der Waals surface area contributed by atoms with Gasteiger partial charge in [-0.25, -0.2) is 4.39 Å². The number of aryl methyl sites for hydroxylation is 1. The molecule has 0 aromatic heterocycles. The molecule has 0 radical (unpaired) electrons. The van der Waals surface area contributed by atoms with Gasteiger partial charge in [0.25, 0.3) is 0 Å². The SMILES string of the molecule is COCCNCC1(Cc2cc(F)ccc2C)CC2CC2C1. The van der Waals surface area contributed by atoms with Gasteiger partial charge >= 0.3 is 0 Å². The maximum Gasteiger partial charge on any atom is 0.123 e. The summed E-state index contributed by atoms with van der Waals surface area (Å²) in [6.07, 6.45) is 5.02. The molecule has 2 aliphatic rings. The van der Waals surface area contributed by atoms with Crippen molar-refractivity contribution < 1.29 is 9.13 Å². The van der Waals surface area contributed by atoms with E-state index in [1.54, 1.807) is 19.2 Å². The maximum absolute atomic E-state index is 13.6. The van der Waals surface area contributed by atoms with E-state index in [9.17, 15) is 4.39 Å². The minimum absolute atomic E-state index is 0.110. The lowest BCUT2D eigenvalue weighted by Crippen LogP contribution is -2.36. The zero-order chi connectivity index (χ0) is 14.9. The molecule has 2 saturated carbocycles. The van der Waals surface area contributed by atoms with Gasteiger partial charge in [-0.2, -0.15) is 0 Å². The smallest absolute Gasteiger partial charge is 0.123 e. The number of fused-ring (bicyclic) bond motifs is 1. The van der Waals surface area contributed by atoms with Gasteiger partial charge in [-0.05, 0) is 73.1 Å². The molecule has 2 fully saturated rings. The Balaban J connectivity index is 1.69. The highest BCUT2D eigenvalue weighted by Crippen LogP contribution is 2.60. The van der Waals surface area contributed by atoms with E-state index in [0.29, 0.717) is 5.41 Å². The van der Waals surface area contributed by atoms with E-state index in [0.717, 1.165) is 38.0 Å². The Hall–Kier alpha value is -0.930. The molecule has 2 aliphatic carbocycles. The van der Waals surface area contributed by atoms with Crippen LogP contribution in [-0.2, 0) is 11.2 Å². The van der Waals surface area contributed by atoms with Crippen molar-refractivity contribution in [1.82, 2.24) is 5.32 Å². The first-order valence-corrected chi connectivity index (χ1v) is 8.07. The van der Waals surface area contributed by atoms with Gasteiger partial charge in [0, 0.05) is 20.2 Å². The molecule has 1 N–H and O–H groups in total. The number of ether oxygens (including phenoxy) is 1. The Morgan fingerprint density at radius 2 is 2.10 bits per heavy atom. The van der Waals surface area contributed by atoms with Crippen LogP contribution < -0.4 is 5.32 Å². The van der Waals surface area contributed by atoms with Gasteiger partial charge in [0.1, 0.15) is 5.82 Å². The zero-order valence-electron chi connectivity index (χ0n) is 13.1. The summed E-state index contributed by atoms with van der Waals surface area (Å²) < 4.78 is 18.7. The summed E-state index contributed by atoms with van der Waals surface area (Å²) in [5.41, 5.74) is 2.72. The molecule has 21 heavy (non-hydrogen) atoms. The van der Waals surface area contributed by atoms with E-state index in [-0.39, 0.29) is 5.82 Å². The van der Waals surface area contributed by atoms with Crippen LogP contribution >= 0.6 is 0 Å². The maximum atomic E-state index is 13.6. The van der Waals surface area contributed by atoms with Crippen LogP contribution in [0, 0.1) is 30.0 Å². The van der Waals surface area contributed by atoms with Gasteiger partial charge in [-0.3, -0.25) is 0 Å². The highest BCUT2D eigenvalue weighted by atomic mass is 19.1. The van der Waals surface area contributed by atoms with Crippen LogP contribution in [0.15, 0.2) is 18.2 Å². The van der Waals surface area contributed by atoms with Crippen LogP contribution in [0.3, 0.4) is 0 Å². The average molecular weight is 291 g/mol. The lowest BCUT2D eigenvalue weighted by molar-refractivity contribution is 0.186. The molecular formula is C18H26FNO. The van der Waals surface area contributed by atoms with Crippen molar-refractivity contribution >= 4 is 0 Å². The molecule has 0 amide bonds. The first-order chi connectivity index (χ1) is 10.1. The average Bonchev–Trinajstić information content (AvgIpc) is 3.07. The van der Waals surface area contributed by atoms with Gasteiger partial charge in [0.15, 0.2) is 0 Å². The number of nitrogens with one attached hydrogen (secondary N) is 1. The molecule has 1 aromatic carbocycles. The fourth-order valence-electron chi connectivity index (χ4n) is 4.12. The molecule has 3 rings (SSSR count). The molecule has 0 heterocycles. The van der Waals surface area contributed by atoms with E-state index in [1.807, 2.05) is 6.07 Å². The minimum Gasteiger partial charge on any atom is -0.383 e. The molecule has 2 nitrogen and oxygen atoms in total. The number of benzene rings is 1. The fourth-order valence-corrected chi connectivity index (χ4v) is 4.12. The van der Waals surface area contributed by atoms with E-state index in [4.69, 9.17) is 4.74 Å². The summed E-state index contributed by atoms with van der Waals surface area (Å²) in [5, 5.41) is 3.55. The molecule has 2 unspecified atom stereocenters. The molecule has 0 bridgehead atoms. The zero-order valence-corrected chi connectivity index (χ0v) is 13.1. The van der Waals surface area contributed by atoms with Gasteiger partial charge in [0.05, 0.1) is 6.61 Å². The summed E-state index contributed by atoms with van der Waals surface area (Å²) in [6.45, 7) is 4.77. The minimum atomic E-state index is -0.110. The number of hydrogen-bond acceptors (Lipinski definition) is 2. The van der Waals surface area contributed by atoms with E-state index in [1.165, 1.54) is 30.4 Å². The van der Waals surface area contributed by atoms with Crippen molar-refractivity contribution in [1.29, 1.82) is 0 Å². The number of methoxy groups -OCH3 is 1. The van der Waals surface area contributed by atoms with Crippen molar-refractivity contribution in [2.24, 2.45) is 17.3 Å². The second-order valence-corrected chi connectivity index (χ2v) is 7.08. The summed E-state index contributed by atoms with van der Waals surface area (Å²) in [7, 11) is 1.73. The molecule has 0 spiro atoms. The van der Waals surface area contributed by atoms with E-state index >= 15 is 0 Å². The molecule has 2 atom stereocenters. The molecule has 1 aromatic rings. The van der Waals surface area contributed by atoms with Crippen LogP contribution in [-0.4, -0.2) is 26.8 Å². The van der Waals surface area contributed by atoms with Crippen LogP contribution in [0.25, 0.3) is 0 Å². The van der Waals surface area contributed by atoms with Gasteiger partial charge in [-0.1, -0.05) is 6.07 Å². The van der Waals surface area contributed by atoms with Gasteiger partial charge in [-0.15, -0.1) is 0 Å². The van der Waals surface area contributed by atoms with E-state index in [2.05, 4.69) is 12.2 Å². The normalized spacial score (nSPS) is 30.4. The highest BCUT2D eigenvalue weighted by molar-refractivity contribution is 5.28. The summed E-state index contributed by atoms with van der Waals surface area (Å²) in [6, 6.07) is 5.21. The second-order valence-electron chi connectivity index (χ2n) is 7.08. The summed E-state index contributed by atoms with van der Waals surface area (Å²) in [5.74, 6) is 1.76. The molecule has 0 aliphatic heterocycles. The van der Waals surface area contributed by atoms with Crippen LogP contribution in [0.5, 0.6) is 0 Å². The third-order valence-corrected chi connectivity index (χ3v) is 5.32. The van der Waals surface area contributed by atoms with Crippen LogP contribution in [0.2, 0.25) is 0 Å². The molecule has 0 saturated heterocycles. The van der Waals surface area contributed by atoms with Crippen LogP contribution in [0.1, 0.15) is 30.4 Å². The monoisotopic (exact) mass is 291 g/mol.